The zero-order chi connectivity index (χ0) is 10.3. The van der Waals surface area contributed by atoms with Crippen LogP contribution in [0.5, 0.6) is 0 Å². The quantitative estimate of drug-likeness (QED) is 0.757. The summed E-state index contributed by atoms with van der Waals surface area (Å²) in [4.78, 5) is 21.4. The Morgan fingerprint density at radius 2 is 1.79 bits per heavy atom. The Morgan fingerprint density at radius 1 is 1.07 bits per heavy atom. The fraction of sp³-hybridized carbons (Fsp3) is 0. The van der Waals surface area contributed by atoms with Crippen molar-refractivity contribution in [1.82, 2.24) is 0 Å². The van der Waals surface area contributed by atoms with Crippen LogP contribution in [0.15, 0.2) is 22.4 Å². The zero-order valence-electron chi connectivity index (χ0n) is 6.76. The van der Waals surface area contributed by atoms with E-state index in [-0.39, 0.29) is 16.8 Å². The molecule has 1 aromatic rings. The van der Waals surface area contributed by atoms with Gasteiger partial charge in [-0.15, -0.1) is 10.2 Å². The molecule has 0 unspecified atom stereocenters. The summed E-state index contributed by atoms with van der Waals surface area (Å²) in [7, 11) is 0. The van der Waals surface area contributed by atoms with E-state index in [1.165, 1.54) is 12.1 Å². The summed E-state index contributed by atoms with van der Waals surface area (Å²) in [6.07, 6.45) is 0. The van der Waals surface area contributed by atoms with E-state index >= 15 is 0 Å². The van der Waals surface area contributed by atoms with Gasteiger partial charge in [-0.1, -0.05) is 0 Å². The average molecular weight is 192 g/mol. The van der Waals surface area contributed by atoms with Gasteiger partial charge in [0.2, 0.25) is 0 Å². The molecule has 0 saturated carbocycles. The number of hydrogen-bond donors (Lipinski definition) is 2. The van der Waals surface area contributed by atoms with Gasteiger partial charge in [-0.3, -0.25) is 0 Å². The molecule has 1 aromatic carbocycles. The zero-order valence-corrected chi connectivity index (χ0v) is 6.76. The number of hydrogen-bond acceptors (Lipinski definition) is 4. The monoisotopic (exact) mass is 192 g/mol. The molecule has 6 nitrogen and oxygen atoms in total. The largest absolute Gasteiger partial charge is 0.478 e. The maximum absolute atomic E-state index is 10.8. The van der Waals surface area contributed by atoms with E-state index in [2.05, 4.69) is 10.2 Å². The van der Waals surface area contributed by atoms with Crippen molar-refractivity contribution in [2.75, 3.05) is 0 Å². The van der Waals surface area contributed by atoms with Crippen molar-refractivity contribution in [2.45, 2.75) is 0 Å². The number of benzene rings is 1. The van der Waals surface area contributed by atoms with Crippen LogP contribution < -0.4 is 0 Å². The predicted molar refractivity (Wildman–Crippen MR) is 44.5 cm³/mol. The van der Waals surface area contributed by atoms with Gasteiger partial charge in [0.1, 0.15) is 16.9 Å². The molecule has 1 aliphatic heterocycles. The molecule has 2 rings (SSSR count). The lowest BCUT2D eigenvalue weighted by Gasteiger charge is -2.11. The summed E-state index contributed by atoms with van der Waals surface area (Å²) >= 11 is 0. The van der Waals surface area contributed by atoms with E-state index in [4.69, 9.17) is 10.2 Å². The molecule has 1 aliphatic rings. The number of carboxylic acid groups (broad SMARTS) is 2. The van der Waals surface area contributed by atoms with E-state index in [1.807, 2.05) is 0 Å². The number of nitrogens with zero attached hydrogens (tertiary/aromatic N) is 2. The van der Waals surface area contributed by atoms with Gasteiger partial charge in [-0.05, 0) is 12.1 Å². The van der Waals surface area contributed by atoms with Crippen molar-refractivity contribution in [3.8, 4) is 0 Å². The molecule has 0 amide bonds. The summed E-state index contributed by atoms with van der Waals surface area (Å²) in [6, 6.07) is 2.64. The number of azo groups is 1. The average Bonchev–Trinajstić information content (AvgIpc) is 2.05. The standard InChI is InChI=1S/C8H4N2O4/c11-7(12)3-1-2-4-6(10-9-4)5(3)8(13)14/h1-2H,(H,11,12)(H,13,14). The van der Waals surface area contributed by atoms with Gasteiger partial charge < -0.3 is 10.2 Å². The highest BCUT2D eigenvalue weighted by molar-refractivity contribution is 6.07. The lowest BCUT2D eigenvalue weighted by Crippen LogP contribution is -2.09. The fourth-order valence-electron chi connectivity index (χ4n) is 1.22. The summed E-state index contributed by atoms with van der Waals surface area (Å²) < 4.78 is 0. The maximum atomic E-state index is 10.8. The summed E-state index contributed by atoms with van der Waals surface area (Å²) in [5.74, 6) is -2.59. The van der Waals surface area contributed by atoms with Crippen LogP contribution >= 0.6 is 0 Å². The molecule has 0 spiro atoms. The van der Waals surface area contributed by atoms with Crippen molar-refractivity contribution < 1.29 is 19.8 Å². The van der Waals surface area contributed by atoms with Crippen LogP contribution in [0.3, 0.4) is 0 Å². The highest BCUT2D eigenvalue weighted by atomic mass is 16.4. The highest BCUT2D eigenvalue weighted by Gasteiger charge is 2.26. The van der Waals surface area contributed by atoms with E-state index in [1.54, 1.807) is 0 Å². The molecule has 0 saturated heterocycles. The smallest absolute Gasteiger partial charge is 0.338 e. The van der Waals surface area contributed by atoms with Crippen molar-refractivity contribution in [2.24, 2.45) is 10.2 Å². The lowest BCUT2D eigenvalue weighted by atomic mass is 10.0. The molecular formula is C8H4N2O4. The van der Waals surface area contributed by atoms with Crippen molar-refractivity contribution in [1.29, 1.82) is 0 Å². The number of carboxylic acids is 2. The highest BCUT2D eigenvalue weighted by Crippen LogP contribution is 2.41. The van der Waals surface area contributed by atoms with Crippen molar-refractivity contribution in [3.05, 3.63) is 23.3 Å². The predicted octanol–water partition coefficient (Wildman–Crippen LogP) is 1.81. The third kappa shape index (κ3) is 0.972. The minimum absolute atomic E-state index is 0.136. The van der Waals surface area contributed by atoms with Crippen LogP contribution in [-0.4, -0.2) is 22.2 Å². The van der Waals surface area contributed by atoms with Gasteiger partial charge in [0, 0.05) is 0 Å². The summed E-state index contributed by atoms with van der Waals surface area (Å²) in [5, 5.41) is 24.5. The van der Waals surface area contributed by atoms with Crippen LogP contribution in [0, 0.1) is 0 Å². The molecular weight excluding hydrogens is 188 g/mol. The van der Waals surface area contributed by atoms with Crippen LogP contribution in [0.1, 0.15) is 20.7 Å². The Labute approximate surface area is 77.5 Å². The van der Waals surface area contributed by atoms with Gasteiger partial charge in [0.05, 0.1) is 5.56 Å². The summed E-state index contributed by atoms with van der Waals surface area (Å²) in [6.45, 7) is 0. The number of carbonyl (C=O) groups is 2. The van der Waals surface area contributed by atoms with E-state index in [0.717, 1.165) is 0 Å². The van der Waals surface area contributed by atoms with Gasteiger partial charge in [0.15, 0.2) is 0 Å². The SMILES string of the molecule is O=C(O)c1ccc2c(c1C(=O)O)N=N2. The first-order valence-electron chi connectivity index (χ1n) is 3.66. The normalized spacial score (nSPS) is 11.7. The lowest BCUT2D eigenvalue weighted by molar-refractivity contribution is 0.0652. The second kappa shape index (κ2) is 2.63. The van der Waals surface area contributed by atoms with Gasteiger partial charge >= 0.3 is 11.9 Å². The van der Waals surface area contributed by atoms with Crippen molar-refractivity contribution in [3.63, 3.8) is 0 Å². The van der Waals surface area contributed by atoms with Crippen molar-refractivity contribution >= 4 is 23.3 Å². The second-order valence-electron chi connectivity index (χ2n) is 2.67. The van der Waals surface area contributed by atoms with Gasteiger partial charge in [0.25, 0.3) is 0 Å². The van der Waals surface area contributed by atoms with E-state index in [0.29, 0.717) is 5.69 Å². The Morgan fingerprint density at radius 3 is 2.21 bits per heavy atom. The van der Waals surface area contributed by atoms with Crippen LogP contribution in [-0.2, 0) is 0 Å². The first-order chi connectivity index (χ1) is 6.61. The molecule has 6 heteroatoms. The van der Waals surface area contributed by atoms with E-state index < -0.39 is 11.9 Å². The van der Waals surface area contributed by atoms with Crippen LogP contribution in [0.25, 0.3) is 0 Å². The molecule has 1 heterocycles. The molecule has 0 atom stereocenters. The topological polar surface area (TPSA) is 99.3 Å². The molecule has 0 bridgehead atoms. The van der Waals surface area contributed by atoms with Gasteiger partial charge in [-0.2, -0.15) is 0 Å². The van der Waals surface area contributed by atoms with Crippen LogP contribution in [0.4, 0.5) is 11.4 Å². The number of aromatic carboxylic acids is 2. The third-order valence-corrected chi connectivity index (χ3v) is 1.86. The van der Waals surface area contributed by atoms with Crippen LogP contribution in [0.2, 0.25) is 0 Å². The number of fused-ring (bicyclic) bond motifs is 1. The Kier molecular flexibility index (Phi) is 1.57. The molecule has 0 aromatic heterocycles. The Bertz CT molecular complexity index is 478. The van der Waals surface area contributed by atoms with Gasteiger partial charge in [-0.25, -0.2) is 9.59 Å². The van der Waals surface area contributed by atoms with E-state index in [9.17, 15) is 9.59 Å². The first-order valence-corrected chi connectivity index (χ1v) is 3.66. The molecule has 0 aliphatic carbocycles. The molecule has 0 fully saturated rings. The molecule has 0 radical (unpaired) electrons. The first kappa shape index (κ1) is 8.36. The fourth-order valence-corrected chi connectivity index (χ4v) is 1.22. The molecule has 70 valence electrons. The Hall–Kier alpha value is -2.24. The third-order valence-electron chi connectivity index (χ3n) is 1.86. The second-order valence-corrected chi connectivity index (χ2v) is 2.67. The Balaban J connectivity index is 2.70. The number of rotatable bonds is 2. The summed E-state index contributed by atoms with van der Waals surface area (Å²) in [5.41, 5.74) is -0.0234. The molecule has 2 N–H and O–H groups in total. The maximum Gasteiger partial charge on any atom is 0.338 e. The minimum atomic E-state index is -1.31. The minimum Gasteiger partial charge on any atom is -0.478 e. The molecule has 14 heavy (non-hydrogen) atoms.